The molecular weight excluding hydrogens is 284 g/mol. The van der Waals surface area contributed by atoms with E-state index in [4.69, 9.17) is 0 Å². The van der Waals surface area contributed by atoms with Crippen LogP contribution in [-0.4, -0.2) is 27.3 Å². The lowest BCUT2D eigenvalue weighted by molar-refractivity contribution is -0.160. The molecule has 0 aromatic heterocycles. The third-order valence-electron chi connectivity index (χ3n) is 5.84. The van der Waals surface area contributed by atoms with Crippen molar-refractivity contribution in [2.75, 3.05) is 0 Å². The average Bonchev–Trinajstić information content (AvgIpc) is 2.69. The highest BCUT2D eigenvalue weighted by atomic mass is 16.4. The van der Waals surface area contributed by atoms with Crippen LogP contribution in [0.15, 0.2) is 18.2 Å². The number of carboxylic acids is 2. The van der Waals surface area contributed by atoms with E-state index in [9.17, 15) is 24.9 Å². The first-order chi connectivity index (χ1) is 10.2. The quantitative estimate of drug-likeness (QED) is 0.781. The molecule has 3 rings (SSSR count). The summed E-state index contributed by atoms with van der Waals surface area (Å²) in [5, 5.41) is 29.3. The number of aromatic hydroxyl groups is 1. The molecule has 3 N–H and O–H groups in total. The molecule has 0 aliphatic heterocycles. The van der Waals surface area contributed by atoms with Crippen LogP contribution in [0.3, 0.4) is 0 Å². The Bertz CT molecular complexity index is 667. The van der Waals surface area contributed by atoms with Crippen LogP contribution in [0, 0.1) is 11.3 Å². The van der Waals surface area contributed by atoms with Crippen molar-refractivity contribution in [1.82, 2.24) is 0 Å². The van der Waals surface area contributed by atoms with Gasteiger partial charge in [0.25, 0.3) is 0 Å². The lowest BCUT2D eigenvalue weighted by Crippen LogP contribution is -2.50. The van der Waals surface area contributed by atoms with Crippen LogP contribution in [0.2, 0.25) is 0 Å². The average molecular weight is 304 g/mol. The minimum atomic E-state index is -1.08. The second-order valence-corrected chi connectivity index (χ2v) is 7.06. The monoisotopic (exact) mass is 304 g/mol. The molecule has 22 heavy (non-hydrogen) atoms. The Balaban J connectivity index is 2.27. The van der Waals surface area contributed by atoms with Crippen molar-refractivity contribution in [3.8, 4) is 5.75 Å². The third kappa shape index (κ3) is 1.71. The van der Waals surface area contributed by atoms with E-state index in [-0.39, 0.29) is 5.75 Å². The fraction of sp³-hybridized carbons (Fsp3) is 0.529. The molecule has 1 saturated carbocycles. The number of hydrogen-bond acceptors (Lipinski definition) is 3. The van der Waals surface area contributed by atoms with Gasteiger partial charge in [-0.15, -0.1) is 0 Å². The van der Waals surface area contributed by atoms with Crippen LogP contribution in [0.1, 0.15) is 50.2 Å². The second kappa shape index (κ2) is 4.48. The predicted octanol–water partition coefficient (Wildman–Crippen LogP) is 2.72. The van der Waals surface area contributed by atoms with E-state index >= 15 is 0 Å². The van der Waals surface area contributed by atoms with Crippen LogP contribution in [0.4, 0.5) is 0 Å². The molecule has 0 radical (unpaired) electrons. The summed E-state index contributed by atoms with van der Waals surface area (Å²) in [6.45, 7) is 3.61. The molecule has 5 nitrogen and oxygen atoms in total. The van der Waals surface area contributed by atoms with Crippen LogP contribution in [0.5, 0.6) is 5.75 Å². The van der Waals surface area contributed by atoms with Crippen LogP contribution >= 0.6 is 0 Å². The summed E-state index contributed by atoms with van der Waals surface area (Å²) in [6, 6.07) is 4.72. The molecule has 5 heteroatoms. The van der Waals surface area contributed by atoms with E-state index in [1.807, 2.05) is 6.92 Å². The Morgan fingerprint density at radius 1 is 1.18 bits per heavy atom. The van der Waals surface area contributed by atoms with Crippen molar-refractivity contribution < 1.29 is 24.9 Å². The molecule has 0 spiro atoms. The molecule has 1 fully saturated rings. The van der Waals surface area contributed by atoms with E-state index in [1.54, 1.807) is 19.1 Å². The maximum atomic E-state index is 11.9. The first kappa shape index (κ1) is 14.9. The SMILES string of the molecule is C[C@@]1(C(=O)O)CCC[C@@]2(C)c3cc(O)ccc3[C@@H](C(=O)O)[C@@H]12. The first-order valence-electron chi connectivity index (χ1n) is 7.51. The summed E-state index contributed by atoms with van der Waals surface area (Å²) in [5.74, 6) is -3.20. The number of phenolic OH excluding ortho intramolecular Hbond substituents is 1. The Kier molecular flexibility index (Phi) is 3.03. The highest BCUT2D eigenvalue weighted by molar-refractivity contribution is 5.84. The highest BCUT2D eigenvalue weighted by Crippen LogP contribution is 2.63. The molecule has 0 amide bonds. The first-order valence-corrected chi connectivity index (χ1v) is 7.51. The smallest absolute Gasteiger partial charge is 0.311 e. The number of carboxylic acid groups (broad SMARTS) is 2. The van der Waals surface area contributed by atoms with Gasteiger partial charge in [0.2, 0.25) is 0 Å². The summed E-state index contributed by atoms with van der Waals surface area (Å²) in [6.07, 6.45) is 1.95. The Hall–Kier alpha value is -2.04. The summed E-state index contributed by atoms with van der Waals surface area (Å²) in [5.41, 5.74) is -0.183. The molecule has 1 aromatic carbocycles. The number of rotatable bonds is 2. The molecule has 0 unspecified atom stereocenters. The summed E-state index contributed by atoms with van der Waals surface area (Å²) < 4.78 is 0. The lowest BCUT2D eigenvalue weighted by atomic mass is 9.54. The Morgan fingerprint density at radius 3 is 2.45 bits per heavy atom. The van der Waals surface area contributed by atoms with Crippen molar-refractivity contribution in [2.45, 2.75) is 44.4 Å². The zero-order chi connectivity index (χ0) is 16.3. The van der Waals surface area contributed by atoms with Gasteiger partial charge < -0.3 is 15.3 Å². The largest absolute Gasteiger partial charge is 0.508 e. The normalized spacial score (nSPS) is 36.5. The molecular formula is C17H20O5. The maximum Gasteiger partial charge on any atom is 0.311 e. The number of benzene rings is 1. The molecule has 2 aliphatic rings. The highest BCUT2D eigenvalue weighted by Gasteiger charge is 2.63. The summed E-state index contributed by atoms with van der Waals surface area (Å²) in [7, 11) is 0. The molecule has 0 heterocycles. The number of fused-ring (bicyclic) bond motifs is 3. The number of phenols is 1. The van der Waals surface area contributed by atoms with Gasteiger partial charge in [0.1, 0.15) is 5.75 Å². The fourth-order valence-electron chi connectivity index (χ4n) is 4.88. The summed E-state index contributed by atoms with van der Waals surface area (Å²) in [4.78, 5) is 23.8. The van der Waals surface area contributed by atoms with Gasteiger partial charge in [-0.2, -0.15) is 0 Å². The Labute approximate surface area is 128 Å². The van der Waals surface area contributed by atoms with Gasteiger partial charge in [0.15, 0.2) is 0 Å². The van der Waals surface area contributed by atoms with Crippen molar-refractivity contribution in [3.63, 3.8) is 0 Å². The van der Waals surface area contributed by atoms with Crippen LogP contribution in [0.25, 0.3) is 0 Å². The standard InChI is InChI=1S/C17H20O5/c1-16-6-3-7-17(2,15(21)22)13(16)12(14(19)20)10-5-4-9(18)8-11(10)16/h4-5,8,12-13,18H,3,6-7H2,1-2H3,(H,19,20)(H,21,22)/t12-,13-,16+,17-/m1/s1. The predicted molar refractivity (Wildman–Crippen MR) is 78.9 cm³/mol. The molecule has 4 atom stereocenters. The zero-order valence-electron chi connectivity index (χ0n) is 12.7. The van der Waals surface area contributed by atoms with Crippen LogP contribution < -0.4 is 0 Å². The summed E-state index contributed by atoms with van der Waals surface area (Å²) >= 11 is 0. The van der Waals surface area contributed by atoms with Gasteiger partial charge in [-0.3, -0.25) is 9.59 Å². The molecule has 0 bridgehead atoms. The third-order valence-corrected chi connectivity index (χ3v) is 5.84. The van der Waals surface area contributed by atoms with Crippen molar-refractivity contribution in [3.05, 3.63) is 29.3 Å². The molecule has 0 saturated heterocycles. The lowest BCUT2D eigenvalue weighted by Gasteiger charge is -2.48. The van der Waals surface area contributed by atoms with E-state index in [0.717, 1.165) is 18.4 Å². The van der Waals surface area contributed by atoms with E-state index in [0.29, 0.717) is 12.0 Å². The van der Waals surface area contributed by atoms with Gasteiger partial charge >= 0.3 is 11.9 Å². The maximum absolute atomic E-state index is 11.9. The topological polar surface area (TPSA) is 94.8 Å². The zero-order valence-corrected chi connectivity index (χ0v) is 12.7. The van der Waals surface area contributed by atoms with Crippen molar-refractivity contribution >= 4 is 11.9 Å². The van der Waals surface area contributed by atoms with Gasteiger partial charge in [-0.25, -0.2) is 0 Å². The van der Waals surface area contributed by atoms with Crippen molar-refractivity contribution in [1.29, 1.82) is 0 Å². The van der Waals surface area contributed by atoms with Crippen molar-refractivity contribution in [2.24, 2.45) is 11.3 Å². The van der Waals surface area contributed by atoms with Gasteiger partial charge in [0.05, 0.1) is 11.3 Å². The van der Waals surface area contributed by atoms with E-state index < -0.39 is 34.6 Å². The second-order valence-electron chi connectivity index (χ2n) is 7.06. The molecule has 2 aliphatic carbocycles. The van der Waals surface area contributed by atoms with E-state index in [1.165, 1.54) is 6.07 Å². The number of aliphatic carboxylic acids is 2. The molecule has 118 valence electrons. The minimum absolute atomic E-state index is 0.0902. The minimum Gasteiger partial charge on any atom is -0.508 e. The number of hydrogen-bond donors (Lipinski definition) is 3. The van der Waals surface area contributed by atoms with Gasteiger partial charge in [-0.05, 0) is 48.4 Å². The Morgan fingerprint density at radius 2 is 1.86 bits per heavy atom. The molecule has 1 aromatic rings. The van der Waals surface area contributed by atoms with Crippen LogP contribution in [-0.2, 0) is 15.0 Å². The van der Waals surface area contributed by atoms with E-state index in [2.05, 4.69) is 0 Å². The fourth-order valence-corrected chi connectivity index (χ4v) is 4.88. The van der Waals surface area contributed by atoms with Gasteiger partial charge in [0, 0.05) is 5.92 Å². The number of carbonyl (C=O) groups is 2. The van der Waals surface area contributed by atoms with Gasteiger partial charge in [-0.1, -0.05) is 19.4 Å².